The minimum absolute atomic E-state index is 0.0711. The van der Waals surface area contributed by atoms with Crippen LogP contribution in [0.15, 0.2) is 78.9 Å². The molecule has 2 atom stereocenters. The number of hydrogen-bond donors (Lipinski definition) is 3. The van der Waals surface area contributed by atoms with Crippen molar-refractivity contribution in [1.82, 2.24) is 10.6 Å². The van der Waals surface area contributed by atoms with Crippen molar-refractivity contribution >= 4 is 18.0 Å². The fraction of sp³-hybridized carbons (Fsp3) is 0.222. The van der Waals surface area contributed by atoms with Gasteiger partial charge in [0.15, 0.2) is 0 Å². The summed E-state index contributed by atoms with van der Waals surface area (Å²) in [5.74, 6) is -1.93. The SMILES string of the molecule is C[C@H](NC(=O)C(CC(=O)O)NC(=O)OCC1c2ccccc2-c2ccccc21)c1ccccc1. The van der Waals surface area contributed by atoms with Gasteiger partial charge in [-0.25, -0.2) is 4.79 Å². The maximum absolute atomic E-state index is 12.7. The summed E-state index contributed by atoms with van der Waals surface area (Å²) >= 11 is 0. The lowest BCUT2D eigenvalue weighted by atomic mass is 9.98. The van der Waals surface area contributed by atoms with E-state index in [9.17, 15) is 19.5 Å². The molecule has 34 heavy (non-hydrogen) atoms. The average molecular weight is 459 g/mol. The number of amides is 2. The molecule has 0 fully saturated rings. The zero-order valence-electron chi connectivity index (χ0n) is 18.7. The third-order valence-electron chi connectivity index (χ3n) is 5.99. The van der Waals surface area contributed by atoms with Gasteiger partial charge in [0.1, 0.15) is 12.6 Å². The van der Waals surface area contributed by atoms with E-state index in [0.717, 1.165) is 27.8 Å². The molecule has 3 N–H and O–H groups in total. The second kappa shape index (κ2) is 10.2. The number of nitrogens with one attached hydrogen (secondary N) is 2. The Hall–Kier alpha value is -4.13. The minimum Gasteiger partial charge on any atom is -0.481 e. The topological polar surface area (TPSA) is 105 Å². The quantitative estimate of drug-likeness (QED) is 0.468. The van der Waals surface area contributed by atoms with E-state index in [-0.39, 0.29) is 18.6 Å². The molecule has 7 heteroatoms. The van der Waals surface area contributed by atoms with Crippen LogP contribution in [0.1, 0.15) is 42.0 Å². The summed E-state index contributed by atoms with van der Waals surface area (Å²) in [5.41, 5.74) is 5.20. The zero-order chi connectivity index (χ0) is 24.1. The van der Waals surface area contributed by atoms with Gasteiger partial charge >= 0.3 is 12.1 Å². The van der Waals surface area contributed by atoms with E-state index in [1.54, 1.807) is 6.92 Å². The summed E-state index contributed by atoms with van der Waals surface area (Å²) in [4.78, 5) is 36.6. The lowest BCUT2D eigenvalue weighted by molar-refractivity contribution is -0.140. The highest BCUT2D eigenvalue weighted by Crippen LogP contribution is 2.44. The minimum atomic E-state index is -1.26. The van der Waals surface area contributed by atoms with Gasteiger partial charge in [-0.1, -0.05) is 78.9 Å². The van der Waals surface area contributed by atoms with E-state index >= 15 is 0 Å². The standard InChI is InChI=1S/C27H26N2O5/c1-17(18-9-3-2-4-10-18)28-26(32)24(15-25(30)31)29-27(33)34-16-23-21-13-7-5-11-19(21)20-12-6-8-14-22(20)23/h2-14,17,23-24H,15-16H2,1H3,(H,28,32)(H,29,33)(H,30,31)/t17-,24?/m0/s1. The van der Waals surface area contributed by atoms with Crippen molar-refractivity contribution in [2.24, 2.45) is 0 Å². The number of aliphatic carboxylic acids is 1. The van der Waals surface area contributed by atoms with Gasteiger partial charge in [-0.2, -0.15) is 0 Å². The number of fused-ring (bicyclic) bond motifs is 3. The van der Waals surface area contributed by atoms with E-state index in [4.69, 9.17) is 4.74 Å². The Bertz CT molecular complexity index is 1150. The van der Waals surface area contributed by atoms with Crippen molar-refractivity contribution in [3.05, 3.63) is 95.6 Å². The molecule has 0 saturated carbocycles. The van der Waals surface area contributed by atoms with Crippen LogP contribution in [0, 0.1) is 0 Å². The fourth-order valence-corrected chi connectivity index (χ4v) is 4.31. The van der Waals surface area contributed by atoms with Crippen LogP contribution in [0.4, 0.5) is 4.79 Å². The fourth-order valence-electron chi connectivity index (χ4n) is 4.31. The monoisotopic (exact) mass is 458 g/mol. The first-order valence-electron chi connectivity index (χ1n) is 11.1. The molecular weight excluding hydrogens is 432 g/mol. The van der Waals surface area contributed by atoms with Crippen LogP contribution in [0.3, 0.4) is 0 Å². The van der Waals surface area contributed by atoms with Gasteiger partial charge < -0.3 is 20.5 Å². The third kappa shape index (κ3) is 5.09. The van der Waals surface area contributed by atoms with E-state index < -0.39 is 30.4 Å². The number of ether oxygens (including phenoxy) is 1. The van der Waals surface area contributed by atoms with Gasteiger partial charge in [0, 0.05) is 5.92 Å². The van der Waals surface area contributed by atoms with Crippen molar-refractivity contribution in [3.8, 4) is 11.1 Å². The van der Waals surface area contributed by atoms with Gasteiger partial charge in [0.25, 0.3) is 0 Å². The number of carbonyl (C=O) groups excluding carboxylic acids is 2. The molecule has 0 aromatic heterocycles. The number of carboxylic acids is 1. The molecule has 174 valence electrons. The Morgan fingerprint density at radius 2 is 1.41 bits per heavy atom. The molecule has 0 spiro atoms. The van der Waals surface area contributed by atoms with E-state index in [1.165, 1.54) is 0 Å². The second-order valence-electron chi connectivity index (χ2n) is 8.26. The summed E-state index contributed by atoms with van der Waals surface area (Å²) in [6, 6.07) is 23.6. The molecule has 2 amide bonds. The first-order valence-corrected chi connectivity index (χ1v) is 11.1. The number of alkyl carbamates (subject to hydrolysis) is 1. The maximum atomic E-state index is 12.7. The van der Waals surface area contributed by atoms with Crippen LogP contribution >= 0.6 is 0 Å². The van der Waals surface area contributed by atoms with Gasteiger partial charge in [-0.05, 0) is 34.7 Å². The molecule has 1 unspecified atom stereocenters. The first-order chi connectivity index (χ1) is 16.4. The van der Waals surface area contributed by atoms with E-state index in [1.807, 2.05) is 78.9 Å². The number of hydrogen-bond acceptors (Lipinski definition) is 4. The Balaban J connectivity index is 1.41. The number of carboxylic acid groups (broad SMARTS) is 1. The summed E-state index contributed by atoms with van der Waals surface area (Å²) in [5, 5.41) is 14.4. The average Bonchev–Trinajstić information content (AvgIpc) is 3.16. The molecule has 0 saturated heterocycles. The smallest absolute Gasteiger partial charge is 0.407 e. The molecule has 3 aromatic carbocycles. The van der Waals surface area contributed by atoms with Crippen LogP contribution in [0.5, 0.6) is 0 Å². The Morgan fingerprint density at radius 3 is 2.00 bits per heavy atom. The largest absolute Gasteiger partial charge is 0.481 e. The van der Waals surface area contributed by atoms with Crippen molar-refractivity contribution in [2.75, 3.05) is 6.61 Å². The lowest BCUT2D eigenvalue weighted by Gasteiger charge is -2.21. The molecule has 7 nitrogen and oxygen atoms in total. The molecule has 3 aromatic rings. The van der Waals surface area contributed by atoms with Crippen molar-refractivity contribution in [3.63, 3.8) is 0 Å². The van der Waals surface area contributed by atoms with Crippen LogP contribution in [-0.2, 0) is 14.3 Å². The summed E-state index contributed by atoms with van der Waals surface area (Å²) in [7, 11) is 0. The molecule has 1 aliphatic rings. The zero-order valence-corrected chi connectivity index (χ0v) is 18.7. The first kappa shape index (κ1) is 23.0. The van der Waals surface area contributed by atoms with Crippen LogP contribution < -0.4 is 10.6 Å². The van der Waals surface area contributed by atoms with Crippen LogP contribution in [0.25, 0.3) is 11.1 Å². The van der Waals surface area contributed by atoms with Gasteiger partial charge in [0.2, 0.25) is 5.91 Å². The summed E-state index contributed by atoms with van der Waals surface area (Å²) in [6.45, 7) is 1.86. The molecule has 0 heterocycles. The van der Waals surface area contributed by atoms with E-state index in [2.05, 4.69) is 10.6 Å². The summed E-state index contributed by atoms with van der Waals surface area (Å²) in [6.07, 6.45) is -1.40. The molecule has 0 radical (unpaired) electrons. The Kier molecular flexibility index (Phi) is 6.92. The molecule has 0 bridgehead atoms. The highest BCUT2D eigenvalue weighted by atomic mass is 16.5. The number of carbonyl (C=O) groups is 3. The number of rotatable bonds is 8. The van der Waals surface area contributed by atoms with Crippen LogP contribution in [-0.4, -0.2) is 35.7 Å². The van der Waals surface area contributed by atoms with Gasteiger partial charge in [-0.3, -0.25) is 9.59 Å². The second-order valence-corrected chi connectivity index (χ2v) is 8.26. The third-order valence-corrected chi connectivity index (χ3v) is 5.99. The van der Waals surface area contributed by atoms with Crippen molar-refractivity contribution < 1.29 is 24.2 Å². The Labute approximate surface area is 197 Å². The normalized spacial score (nSPS) is 13.8. The van der Waals surface area contributed by atoms with Crippen LogP contribution in [0.2, 0.25) is 0 Å². The predicted octanol–water partition coefficient (Wildman–Crippen LogP) is 4.25. The lowest BCUT2D eigenvalue weighted by Crippen LogP contribution is -2.48. The Morgan fingerprint density at radius 1 is 0.853 bits per heavy atom. The van der Waals surface area contributed by atoms with Crippen molar-refractivity contribution in [1.29, 1.82) is 0 Å². The molecule has 4 rings (SSSR count). The number of benzene rings is 3. The molecule has 0 aliphatic heterocycles. The molecular formula is C27H26N2O5. The predicted molar refractivity (Wildman–Crippen MR) is 127 cm³/mol. The summed E-state index contributed by atoms with van der Waals surface area (Å²) < 4.78 is 5.47. The molecule has 1 aliphatic carbocycles. The van der Waals surface area contributed by atoms with Crippen molar-refractivity contribution in [2.45, 2.75) is 31.3 Å². The highest BCUT2D eigenvalue weighted by Gasteiger charge is 2.30. The maximum Gasteiger partial charge on any atom is 0.407 e. The van der Waals surface area contributed by atoms with E-state index in [0.29, 0.717) is 0 Å². The van der Waals surface area contributed by atoms with Gasteiger partial charge in [0.05, 0.1) is 12.5 Å². The van der Waals surface area contributed by atoms with Gasteiger partial charge in [-0.15, -0.1) is 0 Å². The highest BCUT2D eigenvalue weighted by molar-refractivity contribution is 5.89.